The van der Waals surface area contributed by atoms with Crippen molar-refractivity contribution in [3.63, 3.8) is 0 Å². The molecule has 0 N–H and O–H groups in total. The van der Waals surface area contributed by atoms with E-state index >= 15 is 0 Å². The third kappa shape index (κ3) is 4.94. The van der Waals surface area contributed by atoms with Crippen LogP contribution in [0.5, 0.6) is 0 Å². The maximum Gasteiger partial charge on any atom is 0.490 e. The molecule has 4 aliphatic heterocycles. The minimum Gasteiger partial charge on any atom is -0.400 e. The Balaban J connectivity index is 0.000000171. The van der Waals surface area contributed by atoms with Gasteiger partial charge in [0.05, 0.1) is 35.6 Å². The van der Waals surface area contributed by atoms with Crippen LogP contribution in [0, 0.1) is 0 Å². The molecule has 4 aliphatic rings. The Morgan fingerprint density at radius 3 is 1.63 bits per heavy atom. The van der Waals surface area contributed by atoms with Gasteiger partial charge in [-0.15, -0.1) is 0 Å². The molecule has 8 heteroatoms. The molecule has 166 valence electrons. The number of allylic oxidation sites excluding steroid dienone is 1. The fraction of sp³-hybridized carbons (Fsp3) is 0.773. The van der Waals surface area contributed by atoms with Crippen LogP contribution >= 0.6 is 0 Å². The molecule has 0 aromatic rings. The van der Waals surface area contributed by atoms with E-state index in [2.05, 4.69) is 66.5 Å². The lowest BCUT2D eigenvalue weighted by Gasteiger charge is -2.32. The van der Waals surface area contributed by atoms with Crippen LogP contribution in [0.2, 0.25) is 0 Å². The molecule has 2 fully saturated rings. The van der Waals surface area contributed by atoms with Crippen molar-refractivity contribution in [1.29, 1.82) is 0 Å². The van der Waals surface area contributed by atoms with Gasteiger partial charge in [-0.3, -0.25) is 4.99 Å². The average molecular weight is 417 g/mol. The quantitative estimate of drug-likeness (QED) is 0.637. The summed E-state index contributed by atoms with van der Waals surface area (Å²) in [5, 5.41) is 0. The molecule has 0 aromatic heterocycles. The van der Waals surface area contributed by atoms with Gasteiger partial charge < -0.3 is 23.4 Å². The van der Waals surface area contributed by atoms with Crippen molar-refractivity contribution in [1.82, 2.24) is 0 Å². The Morgan fingerprint density at radius 2 is 1.23 bits per heavy atom. The van der Waals surface area contributed by atoms with Crippen LogP contribution in [0.15, 0.2) is 28.1 Å². The lowest BCUT2D eigenvalue weighted by molar-refractivity contribution is 0.00578. The van der Waals surface area contributed by atoms with Crippen molar-refractivity contribution in [3.05, 3.63) is 23.1 Å². The molecule has 0 saturated carbocycles. The van der Waals surface area contributed by atoms with Crippen molar-refractivity contribution in [2.75, 3.05) is 19.8 Å². The molecular formula is C22H37B2NO5. The van der Waals surface area contributed by atoms with Gasteiger partial charge in [0.1, 0.15) is 0 Å². The predicted octanol–water partition coefficient (Wildman–Crippen LogP) is 3.98. The summed E-state index contributed by atoms with van der Waals surface area (Å²) >= 11 is 0. The summed E-state index contributed by atoms with van der Waals surface area (Å²) in [5.74, 6) is 0. The van der Waals surface area contributed by atoms with Gasteiger partial charge >= 0.3 is 14.2 Å². The van der Waals surface area contributed by atoms with Gasteiger partial charge in [0.25, 0.3) is 0 Å². The molecule has 0 aliphatic carbocycles. The van der Waals surface area contributed by atoms with Gasteiger partial charge in [0.2, 0.25) is 0 Å². The second-order valence-electron chi connectivity index (χ2n) is 10.3. The first-order valence-corrected chi connectivity index (χ1v) is 11.0. The van der Waals surface area contributed by atoms with Crippen molar-refractivity contribution >= 4 is 20.5 Å². The van der Waals surface area contributed by atoms with Crippen LogP contribution in [-0.2, 0) is 23.4 Å². The minimum absolute atomic E-state index is 0.182. The minimum atomic E-state index is -0.243. The molecule has 6 nitrogen and oxygen atoms in total. The van der Waals surface area contributed by atoms with Crippen LogP contribution in [-0.4, -0.2) is 62.6 Å². The number of dihydropyridines is 1. The fourth-order valence-corrected chi connectivity index (χ4v) is 3.44. The second-order valence-corrected chi connectivity index (χ2v) is 10.3. The highest BCUT2D eigenvalue weighted by atomic mass is 16.7. The van der Waals surface area contributed by atoms with Crippen molar-refractivity contribution in [3.8, 4) is 0 Å². The molecule has 0 spiro atoms. The second kappa shape index (κ2) is 8.55. The van der Waals surface area contributed by atoms with Crippen molar-refractivity contribution in [2.45, 2.75) is 90.6 Å². The highest BCUT2D eigenvalue weighted by Gasteiger charge is 2.53. The Morgan fingerprint density at radius 1 is 0.733 bits per heavy atom. The lowest BCUT2D eigenvalue weighted by Crippen LogP contribution is -2.41. The molecule has 0 aromatic carbocycles. The molecule has 0 amide bonds. The third-order valence-electron chi connectivity index (χ3n) is 7.03. The molecular weight excluding hydrogens is 380 g/mol. The molecule has 0 unspecified atom stereocenters. The average Bonchev–Trinajstić information content (AvgIpc) is 3.03. The summed E-state index contributed by atoms with van der Waals surface area (Å²) in [6, 6.07) is 0. The molecule has 2 saturated heterocycles. The van der Waals surface area contributed by atoms with E-state index in [-0.39, 0.29) is 36.6 Å². The number of hydrogen-bond donors (Lipinski definition) is 0. The Hall–Kier alpha value is -0.920. The fourth-order valence-electron chi connectivity index (χ4n) is 3.44. The van der Waals surface area contributed by atoms with Crippen molar-refractivity contribution in [2.24, 2.45) is 4.99 Å². The zero-order chi connectivity index (χ0) is 22.2. The zero-order valence-corrected chi connectivity index (χ0v) is 19.9. The summed E-state index contributed by atoms with van der Waals surface area (Å²) in [4.78, 5) is 4.16. The molecule has 0 atom stereocenters. The maximum absolute atomic E-state index is 5.96. The molecule has 30 heavy (non-hydrogen) atoms. The molecule has 0 bridgehead atoms. The Bertz CT molecular complexity index is 695. The van der Waals surface area contributed by atoms with E-state index in [0.717, 1.165) is 26.0 Å². The summed E-state index contributed by atoms with van der Waals surface area (Å²) in [5.41, 5.74) is 1.46. The topological polar surface area (TPSA) is 58.5 Å². The number of ether oxygens (including phenoxy) is 1. The van der Waals surface area contributed by atoms with E-state index < -0.39 is 0 Å². The SMILES string of the molecule is CC1(C)OB(C2=CC=NCC2)OC1(C)C.CC1(C)OB(C2=CCOCC2)OC1(C)C. The van der Waals surface area contributed by atoms with Gasteiger partial charge in [-0.2, -0.15) is 0 Å². The summed E-state index contributed by atoms with van der Waals surface area (Å²) < 4.78 is 29.1. The number of rotatable bonds is 2. The molecule has 4 rings (SSSR count). The smallest absolute Gasteiger partial charge is 0.400 e. The summed E-state index contributed by atoms with van der Waals surface area (Å²) in [6.07, 6.45) is 7.77. The van der Waals surface area contributed by atoms with E-state index in [1.807, 2.05) is 12.3 Å². The van der Waals surface area contributed by atoms with Gasteiger partial charge in [-0.1, -0.05) is 6.08 Å². The number of nitrogens with zero attached hydrogens (tertiary/aromatic N) is 1. The molecule has 4 heterocycles. The van der Waals surface area contributed by atoms with E-state index in [9.17, 15) is 0 Å². The largest absolute Gasteiger partial charge is 0.490 e. The first-order chi connectivity index (χ1) is 13.8. The van der Waals surface area contributed by atoms with Gasteiger partial charge in [-0.25, -0.2) is 0 Å². The van der Waals surface area contributed by atoms with Gasteiger partial charge in [0, 0.05) is 12.8 Å². The van der Waals surface area contributed by atoms with Crippen LogP contribution < -0.4 is 0 Å². The monoisotopic (exact) mass is 417 g/mol. The van der Waals surface area contributed by atoms with E-state index in [4.69, 9.17) is 23.4 Å². The van der Waals surface area contributed by atoms with Crippen molar-refractivity contribution < 1.29 is 23.4 Å². The van der Waals surface area contributed by atoms with Crippen LogP contribution in [0.4, 0.5) is 0 Å². The van der Waals surface area contributed by atoms with Crippen LogP contribution in [0.3, 0.4) is 0 Å². The first-order valence-electron chi connectivity index (χ1n) is 11.0. The first kappa shape index (κ1) is 23.7. The normalized spacial score (nSPS) is 28.5. The van der Waals surface area contributed by atoms with Crippen LogP contribution in [0.25, 0.3) is 0 Å². The zero-order valence-electron chi connectivity index (χ0n) is 19.9. The van der Waals surface area contributed by atoms with Crippen LogP contribution in [0.1, 0.15) is 68.2 Å². The Labute approximate surface area is 182 Å². The highest BCUT2D eigenvalue weighted by molar-refractivity contribution is 6.55. The highest BCUT2D eigenvalue weighted by Crippen LogP contribution is 2.40. The van der Waals surface area contributed by atoms with E-state index in [0.29, 0.717) is 6.61 Å². The molecule has 0 radical (unpaired) electrons. The summed E-state index contributed by atoms with van der Waals surface area (Å²) in [7, 11) is -0.374. The van der Waals surface area contributed by atoms with Gasteiger partial charge in [-0.05, 0) is 85.3 Å². The Kier molecular flexibility index (Phi) is 6.76. The van der Waals surface area contributed by atoms with E-state index in [1.165, 1.54) is 10.9 Å². The number of hydrogen-bond acceptors (Lipinski definition) is 6. The predicted molar refractivity (Wildman–Crippen MR) is 122 cm³/mol. The standard InChI is InChI=1S/C11H18BNO2.C11H19BO3/c2*1-10(2)11(3,4)15-12(14-10)9-5-7-13-8-6-9/h5,7H,6,8H2,1-4H3;5H,6-8H2,1-4H3. The lowest BCUT2D eigenvalue weighted by atomic mass is 9.75. The van der Waals surface area contributed by atoms with Gasteiger partial charge in [0.15, 0.2) is 0 Å². The van der Waals surface area contributed by atoms with E-state index in [1.54, 1.807) is 0 Å². The summed E-state index contributed by atoms with van der Waals surface area (Å²) in [6.45, 7) is 18.9. The maximum atomic E-state index is 5.96. The third-order valence-corrected chi connectivity index (χ3v) is 7.03. The number of aliphatic imine (C=N–C) groups is 1.